The highest BCUT2D eigenvalue weighted by atomic mass is 32.1. The molecule has 1 unspecified atom stereocenters. The monoisotopic (exact) mass is 428 g/mol. The van der Waals surface area contributed by atoms with Crippen LogP contribution in [0.3, 0.4) is 0 Å². The fourth-order valence-corrected chi connectivity index (χ4v) is 4.14. The summed E-state index contributed by atoms with van der Waals surface area (Å²) in [5.41, 5.74) is 0.0317. The third kappa shape index (κ3) is 4.14. The Kier molecular flexibility index (Phi) is 6.07. The second kappa shape index (κ2) is 8.39. The highest BCUT2D eigenvalue weighted by molar-refractivity contribution is 7.12. The number of ether oxygens (including phenoxy) is 1. The lowest BCUT2D eigenvalue weighted by atomic mass is 10.0. The van der Waals surface area contributed by atoms with Crippen molar-refractivity contribution in [1.82, 2.24) is 4.90 Å². The largest absolute Gasteiger partial charge is 0.462 e. The van der Waals surface area contributed by atoms with Crippen LogP contribution in [0.5, 0.6) is 0 Å². The Morgan fingerprint density at radius 1 is 1.17 bits per heavy atom. The van der Waals surface area contributed by atoms with Gasteiger partial charge in [-0.2, -0.15) is 0 Å². The fraction of sp³-hybridized carbons (Fsp3) is 0.364. The fourth-order valence-electron chi connectivity index (χ4n) is 3.48. The van der Waals surface area contributed by atoms with Crippen molar-refractivity contribution in [3.63, 3.8) is 0 Å². The molecule has 0 N–H and O–H groups in total. The molecule has 0 radical (unpaired) electrons. The molecular weight excluding hydrogens is 404 g/mol. The van der Waals surface area contributed by atoms with E-state index in [4.69, 9.17) is 4.74 Å². The van der Waals surface area contributed by atoms with Crippen LogP contribution in [-0.4, -0.2) is 46.8 Å². The van der Waals surface area contributed by atoms with Crippen LogP contribution in [0.25, 0.3) is 0 Å². The Hall–Kier alpha value is -3.00. The van der Waals surface area contributed by atoms with E-state index in [1.54, 1.807) is 24.4 Å². The summed E-state index contributed by atoms with van der Waals surface area (Å²) in [5, 5.41) is 1.80. The quantitative estimate of drug-likeness (QED) is 0.538. The molecule has 8 heteroatoms. The van der Waals surface area contributed by atoms with Crippen LogP contribution in [-0.2, 0) is 14.3 Å². The van der Waals surface area contributed by atoms with Gasteiger partial charge in [-0.05, 0) is 63.4 Å². The second-order valence-electron chi connectivity index (χ2n) is 7.88. The van der Waals surface area contributed by atoms with Crippen molar-refractivity contribution in [2.45, 2.75) is 45.7 Å². The van der Waals surface area contributed by atoms with Gasteiger partial charge < -0.3 is 9.64 Å². The molecule has 2 heterocycles. The van der Waals surface area contributed by atoms with E-state index in [2.05, 4.69) is 0 Å². The summed E-state index contributed by atoms with van der Waals surface area (Å²) < 4.78 is 4.95. The number of hydrogen-bond donors (Lipinski definition) is 0. The van der Waals surface area contributed by atoms with Crippen LogP contribution in [0.15, 0.2) is 41.8 Å². The van der Waals surface area contributed by atoms with Gasteiger partial charge in [-0.3, -0.25) is 14.4 Å². The average Bonchev–Trinajstić information content (AvgIpc) is 3.30. The first-order valence-corrected chi connectivity index (χ1v) is 10.5. The molecule has 0 bridgehead atoms. The van der Waals surface area contributed by atoms with Crippen LogP contribution >= 0.6 is 11.3 Å². The Morgan fingerprint density at radius 3 is 2.37 bits per heavy atom. The number of rotatable bonds is 5. The molecule has 1 aliphatic rings. The van der Waals surface area contributed by atoms with Gasteiger partial charge in [-0.1, -0.05) is 6.07 Å². The summed E-state index contributed by atoms with van der Waals surface area (Å²) in [5.74, 6) is -1.59. The summed E-state index contributed by atoms with van der Waals surface area (Å²) in [7, 11) is 0. The lowest BCUT2D eigenvalue weighted by molar-refractivity contribution is -0.123. The molecular formula is C22H24N2O5S. The average molecular weight is 429 g/mol. The first-order chi connectivity index (χ1) is 14.1. The first-order valence-electron chi connectivity index (χ1n) is 9.66. The van der Waals surface area contributed by atoms with Crippen LogP contribution in [0.1, 0.15) is 54.1 Å². The minimum Gasteiger partial charge on any atom is -0.462 e. The zero-order valence-electron chi connectivity index (χ0n) is 17.4. The highest BCUT2D eigenvalue weighted by Gasteiger charge is 2.47. The van der Waals surface area contributed by atoms with Gasteiger partial charge in [0.15, 0.2) is 0 Å². The predicted octanol–water partition coefficient (Wildman–Crippen LogP) is 3.50. The second-order valence-corrected chi connectivity index (χ2v) is 8.83. The van der Waals surface area contributed by atoms with E-state index in [-0.39, 0.29) is 24.8 Å². The van der Waals surface area contributed by atoms with E-state index in [0.29, 0.717) is 16.1 Å². The molecule has 7 nitrogen and oxygen atoms in total. The number of esters is 1. The van der Waals surface area contributed by atoms with Gasteiger partial charge in [-0.15, -0.1) is 11.3 Å². The number of thiophene rings is 1. The number of carbonyl (C=O) groups is 4. The van der Waals surface area contributed by atoms with Gasteiger partial charge in [0.25, 0.3) is 11.8 Å². The standard InChI is InChI=1S/C22H24N2O5S/c1-5-29-21(28)14-8-10-15(11-9-14)23-18(25)13-16(19(23)26)24(22(2,3)4)20(27)17-7-6-12-30-17/h6-12,16H,5,13H2,1-4H3. The minimum atomic E-state index is -0.892. The number of imide groups is 1. The van der Waals surface area contributed by atoms with Gasteiger partial charge in [0.2, 0.25) is 5.91 Å². The van der Waals surface area contributed by atoms with Crippen molar-refractivity contribution in [3.05, 3.63) is 52.2 Å². The summed E-state index contributed by atoms with van der Waals surface area (Å²) in [4.78, 5) is 54.0. The third-order valence-corrected chi connectivity index (χ3v) is 5.60. The normalized spacial score (nSPS) is 16.7. The van der Waals surface area contributed by atoms with E-state index in [0.717, 1.165) is 4.90 Å². The maximum Gasteiger partial charge on any atom is 0.338 e. The summed E-state index contributed by atoms with van der Waals surface area (Å²) in [6.45, 7) is 7.49. The van der Waals surface area contributed by atoms with E-state index >= 15 is 0 Å². The molecule has 3 rings (SSSR count). The molecule has 1 atom stereocenters. The molecule has 1 saturated heterocycles. The lowest BCUT2D eigenvalue weighted by Crippen LogP contribution is -2.54. The Bertz CT molecular complexity index is 960. The zero-order chi connectivity index (χ0) is 22.1. The molecule has 1 aromatic heterocycles. The third-order valence-electron chi connectivity index (χ3n) is 4.74. The Balaban J connectivity index is 1.89. The van der Waals surface area contributed by atoms with Gasteiger partial charge in [-0.25, -0.2) is 9.69 Å². The zero-order valence-corrected chi connectivity index (χ0v) is 18.2. The maximum absolute atomic E-state index is 13.2. The van der Waals surface area contributed by atoms with Crippen LogP contribution in [0.2, 0.25) is 0 Å². The van der Waals surface area contributed by atoms with E-state index in [1.165, 1.54) is 40.5 Å². The van der Waals surface area contributed by atoms with E-state index in [9.17, 15) is 19.2 Å². The first kappa shape index (κ1) is 21.7. The number of amides is 3. The summed E-state index contributed by atoms with van der Waals surface area (Å²) >= 11 is 1.30. The van der Waals surface area contributed by atoms with Gasteiger partial charge >= 0.3 is 5.97 Å². The Morgan fingerprint density at radius 2 is 1.83 bits per heavy atom. The van der Waals surface area contributed by atoms with E-state index in [1.807, 2.05) is 20.8 Å². The molecule has 1 aliphatic heterocycles. The molecule has 3 amide bonds. The number of hydrogen-bond acceptors (Lipinski definition) is 6. The van der Waals surface area contributed by atoms with Crippen molar-refractivity contribution in [1.29, 1.82) is 0 Å². The van der Waals surface area contributed by atoms with Crippen LogP contribution in [0.4, 0.5) is 5.69 Å². The van der Waals surface area contributed by atoms with Gasteiger partial charge in [0, 0.05) is 5.54 Å². The van der Waals surface area contributed by atoms with Crippen molar-refractivity contribution in [3.8, 4) is 0 Å². The SMILES string of the molecule is CCOC(=O)c1ccc(N2C(=O)CC(N(C(=O)c3cccs3)C(C)(C)C)C2=O)cc1. The van der Waals surface area contributed by atoms with Crippen molar-refractivity contribution in [2.24, 2.45) is 0 Å². The number of carbonyl (C=O) groups excluding carboxylic acids is 4. The Labute approximate surface area is 179 Å². The van der Waals surface area contributed by atoms with Gasteiger partial charge in [0.1, 0.15) is 6.04 Å². The summed E-state index contributed by atoms with van der Waals surface area (Å²) in [6.07, 6.45) is -0.0904. The number of anilines is 1. The maximum atomic E-state index is 13.2. The molecule has 30 heavy (non-hydrogen) atoms. The minimum absolute atomic E-state index is 0.0904. The van der Waals surface area contributed by atoms with Crippen molar-refractivity contribution in [2.75, 3.05) is 11.5 Å². The smallest absolute Gasteiger partial charge is 0.338 e. The number of nitrogens with zero attached hydrogens (tertiary/aromatic N) is 2. The number of benzene rings is 1. The van der Waals surface area contributed by atoms with Crippen molar-refractivity contribution < 1.29 is 23.9 Å². The molecule has 2 aromatic rings. The van der Waals surface area contributed by atoms with Crippen molar-refractivity contribution >= 4 is 40.7 Å². The molecule has 0 spiro atoms. The highest BCUT2D eigenvalue weighted by Crippen LogP contribution is 2.31. The molecule has 1 fully saturated rings. The van der Waals surface area contributed by atoms with E-state index < -0.39 is 23.5 Å². The molecule has 0 aliphatic carbocycles. The van der Waals surface area contributed by atoms with Crippen LogP contribution in [0, 0.1) is 0 Å². The van der Waals surface area contributed by atoms with Crippen LogP contribution < -0.4 is 4.90 Å². The molecule has 1 aromatic carbocycles. The molecule has 0 saturated carbocycles. The van der Waals surface area contributed by atoms with Gasteiger partial charge in [0.05, 0.1) is 29.2 Å². The summed E-state index contributed by atoms with van der Waals surface area (Å²) in [6, 6.07) is 8.69. The topological polar surface area (TPSA) is 84.0 Å². The lowest BCUT2D eigenvalue weighted by Gasteiger charge is -2.38. The molecule has 158 valence electrons. The predicted molar refractivity (Wildman–Crippen MR) is 114 cm³/mol.